The average molecular weight is 403 g/mol. The van der Waals surface area contributed by atoms with Gasteiger partial charge in [-0.05, 0) is 76.2 Å². The number of hydrogen-bond donors (Lipinski definition) is 0. The Balaban J connectivity index is 4.84. The molecule has 3 nitrogen and oxygen atoms in total. The molecule has 0 aromatic rings. The quantitative estimate of drug-likeness (QED) is 0.218. The lowest BCUT2D eigenvalue weighted by molar-refractivity contribution is 0.244. The molecule has 0 fully saturated rings. The predicted molar refractivity (Wildman–Crippen MR) is 124 cm³/mol. The second-order valence-electron chi connectivity index (χ2n) is 8.53. The molecule has 0 aliphatic carbocycles. The minimum atomic E-state index is -1.39. The molecule has 158 valence electrons. The summed E-state index contributed by atoms with van der Waals surface area (Å²) in [6.07, 6.45) is 5.22. The Hall–Kier alpha value is 0.314. The van der Waals surface area contributed by atoms with E-state index in [1.165, 1.54) is 82.6 Å². The molecule has 0 unspecified atom stereocenters. The standard InChI is InChI=1S/C21H50N2OSi2/c1-9-16-22(17-10-2)19-20-23(26(11-3,12-4)13-5)18-14-15-21-25(7,8)24-6/h9-21H2,1-8H3. The van der Waals surface area contributed by atoms with Crippen molar-refractivity contribution in [2.24, 2.45) is 0 Å². The first-order valence-corrected chi connectivity index (χ1v) is 17.1. The fourth-order valence-electron chi connectivity index (χ4n) is 4.19. The van der Waals surface area contributed by atoms with E-state index in [2.05, 4.69) is 57.2 Å². The van der Waals surface area contributed by atoms with Gasteiger partial charge in [0, 0.05) is 20.2 Å². The van der Waals surface area contributed by atoms with Gasteiger partial charge in [0.25, 0.3) is 0 Å². The molecular weight excluding hydrogens is 352 g/mol. The van der Waals surface area contributed by atoms with Crippen LogP contribution in [0, 0.1) is 0 Å². The first-order valence-electron chi connectivity index (χ1n) is 11.4. The molecule has 0 aromatic carbocycles. The molecule has 0 amide bonds. The van der Waals surface area contributed by atoms with Gasteiger partial charge in [-0.1, -0.05) is 41.0 Å². The Morgan fingerprint density at radius 2 is 1.23 bits per heavy atom. The zero-order chi connectivity index (χ0) is 20.1. The van der Waals surface area contributed by atoms with Crippen molar-refractivity contribution in [2.75, 3.05) is 39.8 Å². The van der Waals surface area contributed by atoms with Crippen LogP contribution in [0.1, 0.15) is 60.3 Å². The van der Waals surface area contributed by atoms with Gasteiger partial charge in [0.15, 0.2) is 8.32 Å². The molecule has 0 N–H and O–H groups in total. The van der Waals surface area contributed by atoms with Gasteiger partial charge >= 0.3 is 0 Å². The molecule has 26 heavy (non-hydrogen) atoms. The minimum Gasteiger partial charge on any atom is -0.420 e. The summed E-state index contributed by atoms with van der Waals surface area (Å²) in [6, 6.07) is 5.51. The lowest BCUT2D eigenvalue weighted by Crippen LogP contribution is -2.54. The second kappa shape index (κ2) is 14.3. The van der Waals surface area contributed by atoms with Crippen molar-refractivity contribution in [3.63, 3.8) is 0 Å². The maximum Gasteiger partial charge on any atom is 0.186 e. The Labute approximate surface area is 168 Å². The van der Waals surface area contributed by atoms with Gasteiger partial charge in [-0.2, -0.15) is 0 Å². The molecule has 0 rings (SSSR count). The summed E-state index contributed by atoms with van der Waals surface area (Å²) < 4.78 is 8.71. The van der Waals surface area contributed by atoms with Crippen LogP contribution in [-0.2, 0) is 4.43 Å². The molecule has 0 spiro atoms. The monoisotopic (exact) mass is 402 g/mol. The fourth-order valence-corrected chi connectivity index (χ4v) is 9.55. The topological polar surface area (TPSA) is 15.7 Å². The summed E-state index contributed by atoms with van der Waals surface area (Å²) in [5.74, 6) is 0. The zero-order valence-electron chi connectivity index (χ0n) is 19.5. The van der Waals surface area contributed by atoms with E-state index in [9.17, 15) is 0 Å². The Morgan fingerprint density at radius 3 is 1.65 bits per heavy atom. The van der Waals surface area contributed by atoms with Crippen LogP contribution in [0.15, 0.2) is 0 Å². The van der Waals surface area contributed by atoms with Gasteiger partial charge in [0.1, 0.15) is 8.24 Å². The van der Waals surface area contributed by atoms with Crippen molar-refractivity contribution in [3.05, 3.63) is 0 Å². The number of rotatable bonds is 17. The SMILES string of the molecule is CCCN(CCC)CCN(CCCC[Si](C)(C)OC)[Si](CC)(CC)CC. The first-order chi connectivity index (χ1) is 12.3. The second-order valence-corrected chi connectivity index (χ2v) is 18.2. The van der Waals surface area contributed by atoms with Gasteiger partial charge in [-0.25, -0.2) is 0 Å². The van der Waals surface area contributed by atoms with Crippen LogP contribution >= 0.6 is 0 Å². The summed E-state index contributed by atoms with van der Waals surface area (Å²) in [4.78, 5) is 2.69. The highest BCUT2D eigenvalue weighted by Gasteiger charge is 2.34. The van der Waals surface area contributed by atoms with E-state index in [0.717, 1.165) is 0 Å². The molecule has 5 heteroatoms. The largest absolute Gasteiger partial charge is 0.420 e. The van der Waals surface area contributed by atoms with E-state index in [4.69, 9.17) is 4.43 Å². The van der Waals surface area contributed by atoms with E-state index in [1.54, 1.807) is 0 Å². The van der Waals surface area contributed by atoms with Crippen LogP contribution in [0.5, 0.6) is 0 Å². The fraction of sp³-hybridized carbons (Fsp3) is 1.00. The highest BCUT2D eigenvalue weighted by Crippen LogP contribution is 2.26. The van der Waals surface area contributed by atoms with Crippen LogP contribution in [0.2, 0.25) is 37.3 Å². The minimum absolute atomic E-state index is 1.26. The summed E-state index contributed by atoms with van der Waals surface area (Å²) in [6.45, 7) is 23.0. The van der Waals surface area contributed by atoms with Crippen LogP contribution in [0.25, 0.3) is 0 Å². The van der Waals surface area contributed by atoms with Gasteiger partial charge in [0.05, 0.1) is 0 Å². The normalized spacial score (nSPS) is 13.2. The molecule has 0 saturated carbocycles. The van der Waals surface area contributed by atoms with Crippen LogP contribution in [0.3, 0.4) is 0 Å². The highest BCUT2D eigenvalue weighted by atomic mass is 28.4. The van der Waals surface area contributed by atoms with E-state index in [0.29, 0.717) is 0 Å². The van der Waals surface area contributed by atoms with Crippen molar-refractivity contribution in [1.29, 1.82) is 0 Å². The van der Waals surface area contributed by atoms with Crippen molar-refractivity contribution in [3.8, 4) is 0 Å². The van der Waals surface area contributed by atoms with Crippen molar-refractivity contribution >= 4 is 16.6 Å². The molecule has 0 aliphatic heterocycles. The van der Waals surface area contributed by atoms with E-state index in [1.807, 2.05) is 7.11 Å². The molecular formula is C21H50N2OSi2. The first kappa shape index (κ1) is 26.3. The number of hydrogen-bond acceptors (Lipinski definition) is 3. The lowest BCUT2D eigenvalue weighted by Gasteiger charge is -2.42. The highest BCUT2D eigenvalue weighted by molar-refractivity contribution is 6.77. The van der Waals surface area contributed by atoms with E-state index < -0.39 is 16.6 Å². The predicted octanol–water partition coefficient (Wildman–Crippen LogP) is 6.05. The zero-order valence-corrected chi connectivity index (χ0v) is 21.5. The van der Waals surface area contributed by atoms with Gasteiger partial charge in [-0.15, -0.1) is 0 Å². The third kappa shape index (κ3) is 9.49. The van der Waals surface area contributed by atoms with Gasteiger partial charge in [0.2, 0.25) is 0 Å². The molecule has 0 atom stereocenters. The molecule has 0 bridgehead atoms. The molecule has 0 saturated heterocycles. The number of nitrogens with zero attached hydrogens (tertiary/aromatic N) is 2. The molecule has 0 radical (unpaired) electrons. The summed E-state index contributed by atoms with van der Waals surface area (Å²) in [5, 5.41) is 0. The van der Waals surface area contributed by atoms with Crippen LogP contribution < -0.4 is 0 Å². The maximum atomic E-state index is 5.74. The van der Waals surface area contributed by atoms with Crippen molar-refractivity contribution in [1.82, 2.24) is 9.47 Å². The average Bonchev–Trinajstić information content (AvgIpc) is 2.64. The van der Waals surface area contributed by atoms with Crippen molar-refractivity contribution < 1.29 is 4.43 Å². The van der Waals surface area contributed by atoms with E-state index in [-0.39, 0.29) is 0 Å². The number of unbranched alkanes of at least 4 members (excludes halogenated alkanes) is 1. The Kier molecular flexibility index (Phi) is 14.5. The lowest BCUT2D eigenvalue weighted by atomic mass is 10.3. The van der Waals surface area contributed by atoms with Crippen molar-refractivity contribution in [2.45, 2.75) is 97.6 Å². The van der Waals surface area contributed by atoms with Gasteiger partial charge < -0.3 is 13.9 Å². The van der Waals surface area contributed by atoms with Crippen LogP contribution in [-0.4, -0.2) is 65.9 Å². The third-order valence-electron chi connectivity index (χ3n) is 6.42. The van der Waals surface area contributed by atoms with Gasteiger partial charge in [-0.3, -0.25) is 0 Å². The molecule has 0 aromatic heterocycles. The summed E-state index contributed by atoms with van der Waals surface area (Å²) in [5.41, 5.74) is 0. The van der Waals surface area contributed by atoms with Crippen LogP contribution in [0.4, 0.5) is 0 Å². The van der Waals surface area contributed by atoms with E-state index >= 15 is 0 Å². The smallest absolute Gasteiger partial charge is 0.186 e. The summed E-state index contributed by atoms with van der Waals surface area (Å²) in [7, 11) is -0.770. The Bertz CT molecular complexity index is 322. The third-order valence-corrected chi connectivity index (χ3v) is 14.8. The molecule has 0 heterocycles. The Morgan fingerprint density at radius 1 is 0.692 bits per heavy atom. The molecule has 0 aliphatic rings. The summed E-state index contributed by atoms with van der Waals surface area (Å²) >= 11 is 0. The maximum absolute atomic E-state index is 5.74.